The molecule has 90 valence electrons. The van der Waals surface area contributed by atoms with E-state index >= 15 is 0 Å². The normalized spacial score (nSPS) is 10.5. The minimum Gasteiger partial charge on any atom is -0.484 e. The van der Waals surface area contributed by atoms with Crippen LogP contribution >= 0.6 is 11.6 Å². The van der Waals surface area contributed by atoms with Crippen LogP contribution in [-0.4, -0.2) is 12.2 Å². The summed E-state index contributed by atoms with van der Waals surface area (Å²) in [7, 11) is 1.86. The number of aromatic nitrogens is 1. The van der Waals surface area contributed by atoms with Crippen LogP contribution in [0.5, 0.6) is 5.75 Å². The van der Waals surface area contributed by atoms with Gasteiger partial charge in [-0.05, 0) is 19.2 Å². The van der Waals surface area contributed by atoms with Gasteiger partial charge in [0.25, 0.3) is 0 Å². The number of rotatable bonds is 5. The van der Waals surface area contributed by atoms with Crippen LogP contribution in [0.4, 0.5) is 0 Å². The van der Waals surface area contributed by atoms with E-state index < -0.39 is 0 Å². The van der Waals surface area contributed by atoms with Gasteiger partial charge in [-0.15, -0.1) is 0 Å². The van der Waals surface area contributed by atoms with E-state index in [4.69, 9.17) is 20.9 Å². The zero-order valence-corrected chi connectivity index (χ0v) is 10.2. The Morgan fingerprint density at radius 2 is 2.24 bits per heavy atom. The molecule has 0 fully saturated rings. The summed E-state index contributed by atoms with van der Waals surface area (Å²) in [5, 5.41) is 7.47. The number of para-hydroxylation sites is 1. The Morgan fingerprint density at radius 1 is 1.41 bits per heavy atom. The zero-order chi connectivity index (χ0) is 12.1. The molecule has 0 amide bonds. The van der Waals surface area contributed by atoms with Gasteiger partial charge in [0.1, 0.15) is 12.4 Å². The van der Waals surface area contributed by atoms with Crippen molar-refractivity contribution < 1.29 is 9.26 Å². The van der Waals surface area contributed by atoms with Gasteiger partial charge in [0.05, 0.1) is 10.7 Å². The molecule has 0 radical (unpaired) electrons. The van der Waals surface area contributed by atoms with Gasteiger partial charge in [-0.3, -0.25) is 0 Å². The molecule has 0 saturated heterocycles. The van der Waals surface area contributed by atoms with Crippen molar-refractivity contribution in [2.45, 2.75) is 13.2 Å². The standard InChI is InChI=1S/C12H13ClN2O2/c1-14-7-9-6-10(17-15-9)8-16-12-5-3-2-4-11(12)13/h2-6,14H,7-8H2,1H3. The predicted octanol–water partition coefficient (Wildman–Crippen LogP) is 2.63. The highest BCUT2D eigenvalue weighted by Gasteiger charge is 2.05. The van der Waals surface area contributed by atoms with E-state index in [9.17, 15) is 0 Å². The molecule has 0 saturated carbocycles. The quantitative estimate of drug-likeness (QED) is 0.889. The highest BCUT2D eigenvalue weighted by Crippen LogP contribution is 2.24. The lowest BCUT2D eigenvalue weighted by molar-refractivity contribution is 0.248. The minimum absolute atomic E-state index is 0.320. The van der Waals surface area contributed by atoms with Crippen LogP contribution in [0.25, 0.3) is 0 Å². The van der Waals surface area contributed by atoms with Crippen molar-refractivity contribution in [1.82, 2.24) is 10.5 Å². The van der Waals surface area contributed by atoms with Crippen LogP contribution < -0.4 is 10.1 Å². The molecule has 0 unspecified atom stereocenters. The molecule has 0 atom stereocenters. The highest BCUT2D eigenvalue weighted by atomic mass is 35.5. The van der Waals surface area contributed by atoms with E-state index in [-0.39, 0.29) is 0 Å². The van der Waals surface area contributed by atoms with Crippen molar-refractivity contribution in [2.24, 2.45) is 0 Å². The van der Waals surface area contributed by atoms with E-state index in [1.54, 1.807) is 6.07 Å². The monoisotopic (exact) mass is 252 g/mol. The second-order valence-electron chi connectivity index (χ2n) is 3.53. The van der Waals surface area contributed by atoms with Gasteiger partial charge >= 0.3 is 0 Å². The molecule has 1 N–H and O–H groups in total. The largest absolute Gasteiger partial charge is 0.484 e. The third kappa shape index (κ3) is 3.22. The van der Waals surface area contributed by atoms with Gasteiger partial charge in [0.15, 0.2) is 5.76 Å². The predicted molar refractivity (Wildman–Crippen MR) is 65.1 cm³/mol. The summed E-state index contributed by atoms with van der Waals surface area (Å²) >= 11 is 5.96. The fraction of sp³-hybridized carbons (Fsp3) is 0.250. The second kappa shape index (κ2) is 5.70. The molecule has 0 aliphatic rings. The summed E-state index contributed by atoms with van der Waals surface area (Å²) in [4.78, 5) is 0. The fourth-order valence-electron chi connectivity index (χ4n) is 1.40. The van der Waals surface area contributed by atoms with Crippen molar-refractivity contribution in [2.75, 3.05) is 7.05 Å². The molecule has 0 aliphatic heterocycles. The average molecular weight is 253 g/mol. The number of hydrogen-bond donors (Lipinski definition) is 1. The summed E-state index contributed by atoms with van der Waals surface area (Å²) < 4.78 is 10.6. The minimum atomic E-state index is 0.320. The van der Waals surface area contributed by atoms with Gasteiger partial charge in [-0.25, -0.2) is 0 Å². The summed E-state index contributed by atoms with van der Waals surface area (Å²) in [6, 6.07) is 9.17. The molecular weight excluding hydrogens is 240 g/mol. The Balaban J connectivity index is 1.95. The zero-order valence-electron chi connectivity index (χ0n) is 9.44. The third-order valence-electron chi connectivity index (χ3n) is 2.17. The topological polar surface area (TPSA) is 47.3 Å². The Hall–Kier alpha value is -1.52. The van der Waals surface area contributed by atoms with Gasteiger partial charge in [-0.1, -0.05) is 28.9 Å². The van der Waals surface area contributed by atoms with Crippen LogP contribution in [0, 0.1) is 0 Å². The Morgan fingerprint density at radius 3 is 3.00 bits per heavy atom. The lowest BCUT2D eigenvalue weighted by atomic mass is 10.3. The van der Waals surface area contributed by atoms with Gasteiger partial charge in [-0.2, -0.15) is 0 Å². The van der Waals surface area contributed by atoms with Gasteiger partial charge in [0.2, 0.25) is 0 Å². The number of nitrogens with one attached hydrogen (secondary N) is 1. The second-order valence-corrected chi connectivity index (χ2v) is 3.94. The maximum atomic E-state index is 5.96. The Labute approximate surface area is 105 Å². The Kier molecular flexibility index (Phi) is 4.01. The molecule has 0 spiro atoms. The molecule has 0 aliphatic carbocycles. The lowest BCUT2D eigenvalue weighted by Crippen LogP contribution is -2.04. The van der Waals surface area contributed by atoms with Crippen LogP contribution in [-0.2, 0) is 13.2 Å². The SMILES string of the molecule is CNCc1cc(COc2ccccc2Cl)on1. The van der Waals surface area contributed by atoms with E-state index in [0.717, 1.165) is 5.69 Å². The summed E-state index contributed by atoms with van der Waals surface area (Å²) in [5.74, 6) is 1.32. The molecular formula is C12H13ClN2O2. The summed E-state index contributed by atoms with van der Waals surface area (Å²) in [6.07, 6.45) is 0. The van der Waals surface area contributed by atoms with Crippen molar-refractivity contribution in [3.63, 3.8) is 0 Å². The van der Waals surface area contributed by atoms with Crippen LogP contribution in [0.15, 0.2) is 34.9 Å². The van der Waals surface area contributed by atoms with Gasteiger partial charge in [0, 0.05) is 12.6 Å². The molecule has 2 rings (SSSR count). The first kappa shape index (κ1) is 12.0. The molecule has 1 heterocycles. The van der Waals surface area contributed by atoms with Crippen LogP contribution in [0.2, 0.25) is 5.02 Å². The van der Waals surface area contributed by atoms with Crippen LogP contribution in [0.1, 0.15) is 11.5 Å². The number of ether oxygens (including phenoxy) is 1. The first-order chi connectivity index (χ1) is 8.29. The first-order valence-corrected chi connectivity index (χ1v) is 5.64. The van der Waals surface area contributed by atoms with E-state index in [1.807, 2.05) is 31.3 Å². The van der Waals surface area contributed by atoms with Crippen molar-refractivity contribution in [1.29, 1.82) is 0 Å². The molecule has 1 aromatic heterocycles. The summed E-state index contributed by atoms with van der Waals surface area (Å²) in [5.41, 5.74) is 0.852. The van der Waals surface area contributed by atoms with E-state index in [0.29, 0.717) is 29.7 Å². The number of benzene rings is 1. The average Bonchev–Trinajstić information content (AvgIpc) is 2.76. The summed E-state index contributed by atoms with van der Waals surface area (Å²) in [6.45, 7) is 0.996. The smallest absolute Gasteiger partial charge is 0.174 e. The number of hydrogen-bond acceptors (Lipinski definition) is 4. The third-order valence-corrected chi connectivity index (χ3v) is 2.48. The molecule has 4 nitrogen and oxygen atoms in total. The van der Waals surface area contributed by atoms with Gasteiger partial charge < -0.3 is 14.6 Å². The molecule has 1 aromatic carbocycles. The maximum Gasteiger partial charge on any atom is 0.174 e. The van der Waals surface area contributed by atoms with Crippen molar-refractivity contribution in [3.05, 3.63) is 46.8 Å². The number of halogens is 1. The van der Waals surface area contributed by atoms with E-state index in [2.05, 4.69) is 10.5 Å². The Bertz CT molecular complexity index is 485. The first-order valence-electron chi connectivity index (χ1n) is 5.26. The van der Waals surface area contributed by atoms with Crippen LogP contribution in [0.3, 0.4) is 0 Å². The molecule has 0 bridgehead atoms. The number of nitrogens with zero attached hydrogens (tertiary/aromatic N) is 1. The molecule has 2 aromatic rings. The molecule has 17 heavy (non-hydrogen) atoms. The van der Waals surface area contributed by atoms with Crippen molar-refractivity contribution in [3.8, 4) is 5.75 Å². The fourth-order valence-corrected chi connectivity index (χ4v) is 1.59. The molecule has 5 heteroatoms. The van der Waals surface area contributed by atoms with E-state index in [1.165, 1.54) is 0 Å². The van der Waals surface area contributed by atoms with Crippen molar-refractivity contribution >= 4 is 11.6 Å². The highest BCUT2D eigenvalue weighted by molar-refractivity contribution is 6.32. The lowest BCUT2D eigenvalue weighted by Gasteiger charge is -2.04. The maximum absolute atomic E-state index is 5.96.